The highest BCUT2D eigenvalue weighted by atomic mass is 32.2. The number of sulfonamides is 1. The number of benzene rings is 2. The van der Waals surface area contributed by atoms with Crippen molar-refractivity contribution in [3.63, 3.8) is 0 Å². The summed E-state index contributed by atoms with van der Waals surface area (Å²) in [5.74, 6) is -0.246. The van der Waals surface area contributed by atoms with Crippen molar-refractivity contribution in [2.75, 3.05) is 11.9 Å². The number of nitrogens with zero attached hydrogens (tertiary/aromatic N) is 3. The molecule has 8 nitrogen and oxygen atoms in total. The summed E-state index contributed by atoms with van der Waals surface area (Å²) >= 11 is 0. The first-order chi connectivity index (χ1) is 16.1. The summed E-state index contributed by atoms with van der Waals surface area (Å²) in [6.45, 7) is 0.535. The highest BCUT2D eigenvalue weighted by Gasteiger charge is 2.44. The largest absolute Gasteiger partial charge is 0.416 e. The number of hydrogen-bond acceptors (Lipinski definition) is 6. The van der Waals surface area contributed by atoms with E-state index in [4.69, 9.17) is 4.42 Å². The van der Waals surface area contributed by atoms with Gasteiger partial charge < -0.3 is 4.42 Å². The summed E-state index contributed by atoms with van der Waals surface area (Å²) in [5.41, 5.74) is -0.380. The molecule has 5 rings (SSSR count). The Morgan fingerprint density at radius 3 is 2.32 bits per heavy atom. The predicted molar refractivity (Wildman–Crippen MR) is 114 cm³/mol. The standard InChI is InChI=1S/C22H19F3N4O4S/c23-22(24,25)16-6-2-15(3-7-16)20-27-28-21(33-20)26-19(30)14-4-9-18(10-5-14)34(31,32)29-12-13-1-8-17(29)11-13/h2-7,9-10,13,17H,1,8,11-12H2,(H,26,28,30)/t13-,17+/m1/s1. The molecule has 1 aliphatic heterocycles. The van der Waals surface area contributed by atoms with Gasteiger partial charge in [0.15, 0.2) is 0 Å². The molecular weight excluding hydrogens is 473 g/mol. The van der Waals surface area contributed by atoms with Gasteiger partial charge in [-0.05, 0) is 73.7 Å². The quantitative estimate of drug-likeness (QED) is 0.573. The molecule has 12 heteroatoms. The second-order valence-electron chi connectivity index (χ2n) is 8.37. The molecule has 1 amide bonds. The molecule has 0 unspecified atom stereocenters. The molecule has 178 valence electrons. The van der Waals surface area contributed by atoms with Gasteiger partial charge in [0.25, 0.3) is 5.91 Å². The molecule has 3 aromatic rings. The van der Waals surface area contributed by atoms with E-state index in [0.29, 0.717) is 12.5 Å². The Morgan fingerprint density at radius 1 is 1.03 bits per heavy atom. The second-order valence-corrected chi connectivity index (χ2v) is 10.3. The van der Waals surface area contributed by atoms with Crippen molar-refractivity contribution in [2.24, 2.45) is 5.92 Å². The van der Waals surface area contributed by atoms with E-state index in [1.54, 1.807) is 4.31 Å². The van der Waals surface area contributed by atoms with Gasteiger partial charge in [-0.3, -0.25) is 10.1 Å². The average Bonchev–Trinajstić information content (AvgIpc) is 3.56. The molecule has 1 N–H and O–H groups in total. The lowest BCUT2D eigenvalue weighted by Gasteiger charge is -2.26. The van der Waals surface area contributed by atoms with E-state index >= 15 is 0 Å². The number of anilines is 1. The molecular formula is C22H19F3N4O4S. The Bertz CT molecular complexity index is 1320. The first-order valence-corrected chi connectivity index (χ1v) is 12.0. The smallest absolute Gasteiger partial charge is 0.403 e. The fourth-order valence-electron chi connectivity index (χ4n) is 4.45. The molecule has 1 aliphatic carbocycles. The van der Waals surface area contributed by atoms with E-state index in [0.717, 1.165) is 31.4 Å². The average molecular weight is 492 g/mol. The van der Waals surface area contributed by atoms with E-state index < -0.39 is 27.7 Å². The summed E-state index contributed by atoms with van der Waals surface area (Å²) in [7, 11) is -3.62. The van der Waals surface area contributed by atoms with Crippen molar-refractivity contribution in [1.82, 2.24) is 14.5 Å². The van der Waals surface area contributed by atoms with Gasteiger partial charge in [-0.2, -0.15) is 17.5 Å². The minimum absolute atomic E-state index is 0.0503. The molecule has 2 heterocycles. The number of carbonyl (C=O) groups is 1. The fraction of sp³-hybridized carbons (Fsp3) is 0.318. The zero-order valence-corrected chi connectivity index (χ0v) is 18.4. The molecule has 0 radical (unpaired) electrons. The Balaban J connectivity index is 1.26. The van der Waals surface area contributed by atoms with Crippen LogP contribution in [0.2, 0.25) is 0 Å². The van der Waals surface area contributed by atoms with Crippen molar-refractivity contribution in [2.45, 2.75) is 36.4 Å². The third-order valence-corrected chi connectivity index (χ3v) is 8.12. The number of amides is 1. The number of fused-ring (bicyclic) bond motifs is 2. The normalized spacial score (nSPS) is 20.6. The maximum atomic E-state index is 12.9. The molecule has 1 saturated heterocycles. The van der Waals surface area contributed by atoms with Gasteiger partial charge in [-0.15, -0.1) is 5.10 Å². The fourth-order valence-corrected chi connectivity index (χ4v) is 6.19. The maximum Gasteiger partial charge on any atom is 0.416 e. The highest BCUT2D eigenvalue weighted by Crippen LogP contribution is 2.40. The molecule has 1 aromatic heterocycles. The molecule has 2 aliphatic rings. The van der Waals surface area contributed by atoms with Gasteiger partial charge in [0.2, 0.25) is 15.9 Å². The Labute approximate surface area is 192 Å². The van der Waals surface area contributed by atoms with Crippen LogP contribution < -0.4 is 5.32 Å². The summed E-state index contributed by atoms with van der Waals surface area (Å²) in [4.78, 5) is 12.6. The van der Waals surface area contributed by atoms with E-state index in [-0.39, 0.29) is 34.0 Å². The van der Waals surface area contributed by atoms with Gasteiger partial charge in [0, 0.05) is 23.7 Å². The number of hydrogen-bond donors (Lipinski definition) is 1. The van der Waals surface area contributed by atoms with Gasteiger partial charge in [-0.25, -0.2) is 8.42 Å². The van der Waals surface area contributed by atoms with Crippen LogP contribution in [0.3, 0.4) is 0 Å². The van der Waals surface area contributed by atoms with Crippen LogP contribution in [0.15, 0.2) is 57.8 Å². The lowest BCUT2D eigenvalue weighted by Crippen LogP contribution is -2.37. The molecule has 2 atom stereocenters. The summed E-state index contributed by atoms with van der Waals surface area (Å²) in [5, 5.41) is 9.82. The van der Waals surface area contributed by atoms with E-state index in [9.17, 15) is 26.4 Å². The molecule has 2 bridgehead atoms. The van der Waals surface area contributed by atoms with Crippen molar-refractivity contribution < 1.29 is 30.8 Å². The van der Waals surface area contributed by atoms with Gasteiger partial charge >= 0.3 is 12.2 Å². The first-order valence-electron chi connectivity index (χ1n) is 10.6. The van der Waals surface area contributed by atoms with Crippen molar-refractivity contribution in [3.8, 4) is 11.5 Å². The molecule has 2 fully saturated rings. The van der Waals surface area contributed by atoms with Crippen molar-refractivity contribution >= 4 is 21.9 Å². The highest BCUT2D eigenvalue weighted by molar-refractivity contribution is 7.89. The van der Waals surface area contributed by atoms with Crippen molar-refractivity contribution in [3.05, 3.63) is 59.7 Å². The number of aromatic nitrogens is 2. The number of carbonyl (C=O) groups excluding carboxylic acids is 1. The minimum Gasteiger partial charge on any atom is -0.403 e. The van der Waals surface area contributed by atoms with Gasteiger partial charge in [0.1, 0.15) is 0 Å². The summed E-state index contributed by atoms with van der Waals surface area (Å²) in [6, 6.07) is 9.52. The minimum atomic E-state index is -4.46. The van der Waals surface area contributed by atoms with E-state index in [1.165, 1.54) is 36.4 Å². The van der Waals surface area contributed by atoms with Crippen LogP contribution in [0.25, 0.3) is 11.5 Å². The lowest BCUT2D eigenvalue weighted by molar-refractivity contribution is -0.137. The predicted octanol–water partition coefficient (Wildman–Crippen LogP) is 4.18. The second kappa shape index (κ2) is 8.20. The SMILES string of the molecule is O=C(Nc1nnc(-c2ccc(C(F)(F)F)cc2)o1)c1ccc(S(=O)(=O)N2C[C@@H]3CC[C@H]2C3)cc1. The molecule has 34 heavy (non-hydrogen) atoms. The van der Waals surface area contributed by atoms with Crippen LogP contribution in [-0.2, 0) is 16.2 Å². The third-order valence-electron chi connectivity index (χ3n) is 6.19. The third kappa shape index (κ3) is 4.18. The summed E-state index contributed by atoms with van der Waals surface area (Å²) < 4.78 is 70.9. The zero-order chi connectivity index (χ0) is 24.1. The van der Waals surface area contributed by atoms with Crippen LogP contribution in [0.1, 0.15) is 35.2 Å². The summed E-state index contributed by atoms with van der Waals surface area (Å²) in [6.07, 6.45) is -1.62. The van der Waals surface area contributed by atoms with Crippen LogP contribution in [0, 0.1) is 5.92 Å². The molecule has 0 spiro atoms. The monoisotopic (exact) mass is 492 g/mol. The van der Waals surface area contributed by atoms with Gasteiger partial charge in [0.05, 0.1) is 10.5 Å². The topological polar surface area (TPSA) is 105 Å². The van der Waals surface area contributed by atoms with E-state index in [1.807, 2.05) is 0 Å². The Hall–Kier alpha value is -3.25. The number of halogens is 3. The van der Waals surface area contributed by atoms with E-state index in [2.05, 4.69) is 15.5 Å². The number of rotatable bonds is 5. The van der Waals surface area contributed by atoms with Gasteiger partial charge in [-0.1, -0.05) is 5.10 Å². The first kappa shape index (κ1) is 22.5. The van der Waals surface area contributed by atoms with Crippen LogP contribution in [0.4, 0.5) is 19.2 Å². The molecule has 2 aromatic carbocycles. The lowest BCUT2D eigenvalue weighted by atomic mass is 10.1. The maximum absolute atomic E-state index is 12.9. The number of piperidine rings is 1. The van der Waals surface area contributed by atoms with Crippen LogP contribution >= 0.6 is 0 Å². The zero-order valence-electron chi connectivity index (χ0n) is 17.6. The number of nitrogens with one attached hydrogen (secondary N) is 1. The number of alkyl halides is 3. The Kier molecular flexibility index (Phi) is 5.44. The molecule has 1 saturated carbocycles. The Morgan fingerprint density at radius 2 is 1.74 bits per heavy atom. The van der Waals surface area contributed by atoms with Crippen LogP contribution in [0.5, 0.6) is 0 Å². The van der Waals surface area contributed by atoms with Crippen molar-refractivity contribution in [1.29, 1.82) is 0 Å². The van der Waals surface area contributed by atoms with Crippen LogP contribution in [-0.4, -0.2) is 41.4 Å².